The Balaban J connectivity index is 2.54. The molecule has 0 unspecified atom stereocenters. The fraction of sp³-hybridized carbons (Fsp3) is 0.182. The fourth-order valence-corrected chi connectivity index (χ4v) is 1.60. The molecule has 0 saturated heterocycles. The molecule has 15 heavy (non-hydrogen) atoms. The molecule has 0 bridgehead atoms. The van der Waals surface area contributed by atoms with E-state index in [9.17, 15) is 4.79 Å². The first-order valence-corrected chi connectivity index (χ1v) is 4.87. The second-order valence-corrected chi connectivity index (χ2v) is 3.30. The van der Waals surface area contributed by atoms with E-state index < -0.39 is 0 Å². The van der Waals surface area contributed by atoms with Crippen LogP contribution in [-0.4, -0.2) is 17.1 Å². The fourth-order valence-electron chi connectivity index (χ4n) is 1.60. The van der Waals surface area contributed by atoms with Crippen molar-refractivity contribution >= 4 is 22.6 Å². The van der Waals surface area contributed by atoms with Crippen molar-refractivity contribution in [2.75, 3.05) is 12.3 Å². The van der Waals surface area contributed by atoms with E-state index >= 15 is 0 Å². The van der Waals surface area contributed by atoms with Crippen molar-refractivity contribution in [1.29, 1.82) is 0 Å². The molecule has 4 heteroatoms. The van der Waals surface area contributed by atoms with Gasteiger partial charge in [-0.15, -0.1) is 0 Å². The summed E-state index contributed by atoms with van der Waals surface area (Å²) in [5.41, 5.74) is 7.32. The number of rotatable bonds is 1. The Morgan fingerprint density at radius 3 is 3.00 bits per heavy atom. The number of fused-ring (bicyclic) bond motifs is 1. The van der Waals surface area contributed by atoms with Crippen LogP contribution in [0.15, 0.2) is 30.5 Å². The molecule has 1 heterocycles. The number of anilines is 1. The molecular weight excluding hydrogens is 190 g/mol. The van der Waals surface area contributed by atoms with Gasteiger partial charge in [0.25, 0.3) is 0 Å². The first-order chi connectivity index (χ1) is 7.24. The van der Waals surface area contributed by atoms with Crippen molar-refractivity contribution in [3.05, 3.63) is 30.5 Å². The van der Waals surface area contributed by atoms with E-state index in [1.54, 1.807) is 10.8 Å². The summed E-state index contributed by atoms with van der Waals surface area (Å²) in [6, 6.07) is 7.26. The third-order valence-electron chi connectivity index (χ3n) is 2.31. The van der Waals surface area contributed by atoms with Crippen molar-refractivity contribution < 1.29 is 4.79 Å². The number of benzene rings is 1. The largest absolute Gasteiger partial charge is 0.398 e. The summed E-state index contributed by atoms with van der Waals surface area (Å²) < 4.78 is 1.56. The van der Waals surface area contributed by atoms with Crippen molar-refractivity contribution in [3.8, 4) is 0 Å². The first kappa shape index (κ1) is 9.58. The highest BCUT2D eigenvalue weighted by Crippen LogP contribution is 2.21. The van der Waals surface area contributed by atoms with Gasteiger partial charge in [-0.25, -0.2) is 4.79 Å². The van der Waals surface area contributed by atoms with Gasteiger partial charge >= 0.3 is 6.03 Å². The van der Waals surface area contributed by atoms with Gasteiger partial charge < -0.3 is 11.1 Å². The van der Waals surface area contributed by atoms with Gasteiger partial charge in [-0.05, 0) is 25.1 Å². The molecule has 2 rings (SSSR count). The Kier molecular flexibility index (Phi) is 2.33. The van der Waals surface area contributed by atoms with Crippen molar-refractivity contribution in [2.24, 2.45) is 0 Å². The van der Waals surface area contributed by atoms with Crippen molar-refractivity contribution in [1.82, 2.24) is 9.88 Å². The molecule has 0 fully saturated rings. The van der Waals surface area contributed by atoms with E-state index in [2.05, 4.69) is 5.32 Å². The number of aromatic nitrogens is 1. The second-order valence-electron chi connectivity index (χ2n) is 3.30. The number of amides is 1. The van der Waals surface area contributed by atoms with Crippen LogP contribution >= 0.6 is 0 Å². The van der Waals surface area contributed by atoms with Crippen LogP contribution < -0.4 is 11.1 Å². The lowest BCUT2D eigenvalue weighted by Crippen LogP contribution is -2.27. The van der Waals surface area contributed by atoms with Gasteiger partial charge in [-0.3, -0.25) is 4.57 Å². The maximum Gasteiger partial charge on any atom is 0.326 e. The van der Waals surface area contributed by atoms with Crippen LogP contribution in [0.5, 0.6) is 0 Å². The average molecular weight is 203 g/mol. The molecule has 0 spiro atoms. The minimum atomic E-state index is -0.127. The predicted octanol–water partition coefficient (Wildman–Crippen LogP) is 1.80. The van der Waals surface area contributed by atoms with Crippen LogP contribution in [0, 0.1) is 0 Å². The van der Waals surface area contributed by atoms with Gasteiger partial charge in [0.05, 0.1) is 5.52 Å². The van der Waals surface area contributed by atoms with Gasteiger partial charge in [0.15, 0.2) is 0 Å². The molecule has 0 aliphatic rings. The van der Waals surface area contributed by atoms with E-state index in [0.717, 1.165) is 10.9 Å². The van der Waals surface area contributed by atoms with Crippen molar-refractivity contribution in [2.45, 2.75) is 6.92 Å². The number of hydrogen-bond donors (Lipinski definition) is 2. The predicted molar refractivity (Wildman–Crippen MR) is 60.8 cm³/mol. The highest BCUT2D eigenvalue weighted by atomic mass is 16.2. The third-order valence-corrected chi connectivity index (χ3v) is 2.31. The molecule has 0 radical (unpaired) electrons. The number of carbonyl (C=O) groups excluding carboxylic acids is 1. The summed E-state index contributed by atoms with van der Waals surface area (Å²) in [4.78, 5) is 11.6. The molecule has 1 aromatic carbocycles. The Bertz CT molecular complexity index is 502. The molecule has 0 saturated carbocycles. The van der Waals surface area contributed by atoms with E-state index in [0.29, 0.717) is 12.2 Å². The number of carbonyl (C=O) groups is 1. The molecule has 0 aliphatic carbocycles. The molecule has 2 aromatic rings. The van der Waals surface area contributed by atoms with Crippen LogP contribution in [0.4, 0.5) is 10.5 Å². The molecular formula is C11H13N3O. The lowest BCUT2D eigenvalue weighted by Gasteiger charge is -2.04. The summed E-state index contributed by atoms with van der Waals surface area (Å²) in [5.74, 6) is 0. The Morgan fingerprint density at radius 2 is 2.27 bits per heavy atom. The maximum absolute atomic E-state index is 11.6. The van der Waals surface area contributed by atoms with E-state index in [1.165, 1.54) is 0 Å². The average Bonchev–Trinajstić information content (AvgIpc) is 2.63. The van der Waals surface area contributed by atoms with E-state index in [1.807, 2.05) is 31.2 Å². The van der Waals surface area contributed by atoms with Crippen LogP contribution in [-0.2, 0) is 0 Å². The summed E-state index contributed by atoms with van der Waals surface area (Å²) in [5, 5.41) is 3.65. The van der Waals surface area contributed by atoms with E-state index in [-0.39, 0.29) is 6.03 Å². The van der Waals surface area contributed by atoms with Gasteiger partial charge in [0.2, 0.25) is 0 Å². The number of hydrogen-bond acceptors (Lipinski definition) is 2. The van der Waals surface area contributed by atoms with Gasteiger partial charge in [0, 0.05) is 23.8 Å². The van der Waals surface area contributed by atoms with Crippen molar-refractivity contribution in [3.63, 3.8) is 0 Å². The topological polar surface area (TPSA) is 60.0 Å². The molecule has 0 atom stereocenters. The summed E-state index contributed by atoms with van der Waals surface area (Å²) in [6.07, 6.45) is 1.73. The zero-order valence-corrected chi connectivity index (χ0v) is 8.53. The minimum Gasteiger partial charge on any atom is -0.398 e. The maximum atomic E-state index is 11.6. The molecule has 78 valence electrons. The zero-order valence-electron chi connectivity index (χ0n) is 8.53. The lowest BCUT2D eigenvalue weighted by atomic mass is 10.2. The lowest BCUT2D eigenvalue weighted by molar-refractivity contribution is 0.244. The Hall–Kier alpha value is -1.97. The highest BCUT2D eigenvalue weighted by Gasteiger charge is 2.08. The normalized spacial score (nSPS) is 10.5. The number of nitrogens with two attached hydrogens (primary N) is 1. The Morgan fingerprint density at radius 1 is 1.47 bits per heavy atom. The number of nitrogens with one attached hydrogen (secondary N) is 1. The summed E-state index contributed by atoms with van der Waals surface area (Å²) in [6.45, 7) is 2.50. The second kappa shape index (κ2) is 3.65. The van der Waals surface area contributed by atoms with Crippen LogP contribution in [0.25, 0.3) is 10.9 Å². The monoisotopic (exact) mass is 203 g/mol. The summed E-state index contributed by atoms with van der Waals surface area (Å²) >= 11 is 0. The molecule has 3 N–H and O–H groups in total. The number of nitrogens with zero attached hydrogens (tertiary/aromatic N) is 1. The number of nitrogen functional groups attached to an aromatic ring is 1. The van der Waals surface area contributed by atoms with Crippen LogP contribution in [0.1, 0.15) is 6.92 Å². The van der Waals surface area contributed by atoms with E-state index in [4.69, 9.17) is 5.73 Å². The SMILES string of the molecule is CCNC(=O)n1ccc2c(N)cccc21. The molecule has 1 aromatic heterocycles. The highest BCUT2D eigenvalue weighted by molar-refractivity contribution is 5.97. The van der Waals surface area contributed by atoms with Crippen LogP contribution in [0.2, 0.25) is 0 Å². The zero-order chi connectivity index (χ0) is 10.8. The minimum absolute atomic E-state index is 0.127. The summed E-state index contributed by atoms with van der Waals surface area (Å²) in [7, 11) is 0. The first-order valence-electron chi connectivity index (χ1n) is 4.87. The Labute approximate surface area is 87.7 Å². The third kappa shape index (κ3) is 1.54. The quantitative estimate of drug-likeness (QED) is 0.694. The smallest absolute Gasteiger partial charge is 0.326 e. The van der Waals surface area contributed by atoms with Gasteiger partial charge in [0.1, 0.15) is 0 Å². The van der Waals surface area contributed by atoms with Gasteiger partial charge in [-0.1, -0.05) is 6.07 Å². The standard InChI is InChI=1S/C11H13N3O/c1-2-13-11(15)14-7-6-8-9(12)4-3-5-10(8)14/h3-7H,2,12H2,1H3,(H,13,15). The molecule has 4 nitrogen and oxygen atoms in total. The van der Waals surface area contributed by atoms with Gasteiger partial charge in [-0.2, -0.15) is 0 Å². The molecule has 0 aliphatic heterocycles. The van der Waals surface area contributed by atoms with Crippen LogP contribution in [0.3, 0.4) is 0 Å². The molecule has 1 amide bonds.